The molecule has 1 saturated carbocycles. The minimum Gasteiger partial charge on any atom is -0.311 e. The summed E-state index contributed by atoms with van der Waals surface area (Å²) in [5.74, 6) is -0.182. The fraction of sp³-hybridized carbons (Fsp3) is 0.412. The monoisotopic (exact) mass is 333 g/mol. The van der Waals surface area contributed by atoms with Crippen molar-refractivity contribution in [3.63, 3.8) is 0 Å². The highest BCUT2D eigenvalue weighted by Crippen LogP contribution is 2.43. The van der Waals surface area contributed by atoms with Crippen molar-refractivity contribution in [2.75, 3.05) is 5.32 Å². The quantitative estimate of drug-likeness (QED) is 0.892. The Balaban J connectivity index is 1.81. The van der Waals surface area contributed by atoms with Crippen LogP contribution in [-0.2, 0) is 4.79 Å². The first-order chi connectivity index (χ1) is 11.1. The zero-order valence-electron chi connectivity index (χ0n) is 12.6. The minimum absolute atomic E-state index is 0.124. The van der Waals surface area contributed by atoms with Gasteiger partial charge in [0.2, 0.25) is 5.91 Å². The lowest BCUT2D eigenvalue weighted by Crippen LogP contribution is -2.26. The van der Waals surface area contributed by atoms with Crippen LogP contribution in [0.4, 0.5) is 10.2 Å². The van der Waals surface area contributed by atoms with Gasteiger partial charge < -0.3 is 5.32 Å². The summed E-state index contributed by atoms with van der Waals surface area (Å²) >= 11 is 6.21. The topological polar surface area (TPSA) is 46.9 Å². The third-order valence-electron chi connectivity index (χ3n) is 4.87. The van der Waals surface area contributed by atoms with Crippen LogP contribution in [0.2, 0.25) is 5.02 Å². The maximum Gasteiger partial charge on any atom is 0.226 e. The average molecular weight is 334 g/mol. The number of carbonyl (C=O) groups is 1. The molecular weight excluding hydrogens is 317 g/mol. The van der Waals surface area contributed by atoms with Crippen molar-refractivity contribution < 1.29 is 9.18 Å². The van der Waals surface area contributed by atoms with E-state index in [-0.39, 0.29) is 24.1 Å². The number of halogens is 2. The van der Waals surface area contributed by atoms with Crippen molar-refractivity contribution in [1.82, 2.24) is 9.78 Å². The summed E-state index contributed by atoms with van der Waals surface area (Å²) in [7, 11) is 0. The number of amides is 1. The number of benzene rings is 1. The highest BCUT2D eigenvalue weighted by molar-refractivity contribution is 6.31. The summed E-state index contributed by atoms with van der Waals surface area (Å²) in [6.45, 7) is 0. The van der Waals surface area contributed by atoms with Crippen LogP contribution in [0, 0.1) is 5.82 Å². The van der Waals surface area contributed by atoms with Gasteiger partial charge in [0, 0.05) is 28.5 Å². The van der Waals surface area contributed by atoms with Crippen molar-refractivity contribution in [3.05, 3.63) is 46.4 Å². The van der Waals surface area contributed by atoms with Gasteiger partial charge in [0.25, 0.3) is 0 Å². The van der Waals surface area contributed by atoms with Crippen LogP contribution in [0.5, 0.6) is 0 Å². The Morgan fingerprint density at radius 2 is 2.09 bits per heavy atom. The predicted octanol–water partition coefficient (Wildman–Crippen LogP) is 4.26. The Labute approximate surface area is 138 Å². The SMILES string of the molecule is O=C1C[C@@H](c2c(F)cccc2Cl)c2cnn(C3CCCC3)c2N1. The van der Waals surface area contributed by atoms with Gasteiger partial charge in [-0.3, -0.25) is 4.79 Å². The highest BCUT2D eigenvalue weighted by atomic mass is 35.5. The molecule has 1 N–H and O–H groups in total. The molecule has 2 heterocycles. The Morgan fingerprint density at radius 3 is 2.83 bits per heavy atom. The van der Waals surface area contributed by atoms with Crippen molar-refractivity contribution in [3.8, 4) is 0 Å². The summed E-state index contributed by atoms with van der Waals surface area (Å²) < 4.78 is 16.2. The van der Waals surface area contributed by atoms with Crippen LogP contribution < -0.4 is 5.32 Å². The van der Waals surface area contributed by atoms with E-state index in [0.717, 1.165) is 18.4 Å². The van der Waals surface area contributed by atoms with Crippen LogP contribution in [0.1, 0.15) is 55.2 Å². The molecule has 0 saturated heterocycles. The molecule has 1 atom stereocenters. The molecule has 0 unspecified atom stereocenters. The van der Waals surface area contributed by atoms with Crippen LogP contribution >= 0.6 is 11.6 Å². The molecule has 23 heavy (non-hydrogen) atoms. The number of carbonyl (C=O) groups excluding carboxylic acids is 1. The normalized spacial score (nSPS) is 21.3. The molecule has 2 aromatic rings. The second kappa shape index (κ2) is 5.64. The van der Waals surface area contributed by atoms with E-state index in [0.29, 0.717) is 22.4 Å². The van der Waals surface area contributed by atoms with Crippen molar-refractivity contribution in [2.45, 2.75) is 44.1 Å². The Morgan fingerprint density at radius 1 is 1.30 bits per heavy atom. The van der Waals surface area contributed by atoms with E-state index in [1.165, 1.54) is 18.9 Å². The molecule has 0 spiro atoms. The first-order valence-corrected chi connectivity index (χ1v) is 8.34. The fourth-order valence-electron chi connectivity index (χ4n) is 3.77. The van der Waals surface area contributed by atoms with Gasteiger partial charge >= 0.3 is 0 Å². The van der Waals surface area contributed by atoms with E-state index < -0.39 is 0 Å². The molecule has 120 valence electrons. The summed E-state index contributed by atoms with van der Waals surface area (Å²) in [6, 6.07) is 4.93. The van der Waals surface area contributed by atoms with Crippen molar-refractivity contribution in [1.29, 1.82) is 0 Å². The molecule has 0 bridgehead atoms. The molecule has 1 aromatic carbocycles. The van der Waals surface area contributed by atoms with Crippen LogP contribution in [0.15, 0.2) is 24.4 Å². The first kappa shape index (κ1) is 14.7. The molecule has 1 amide bonds. The second-order valence-electron chi connectivity index (χ2n) is 6.27. The number of nitrogens with one attached hydrogen (secondary N) is 1. The van der Waals surface area contributed by atoms with Gasteiger partial charge in [-0.1, -0.05) is 30.5 Å². The number of aromatic nitrogens is 2. The molecule has 0 radical (unpaired) electrons. The van der Waals surface area contributed by atoms with Gasteiger partial charge in [-0.05, 0) is 25.0 Å². The molecule has 1 aliphatic carbocycles. The van der Waals surface area contributed by atoms with Crippen molar-refractivity contribution >= 4 is 23.3 Å². The van der Waals surface area contributed by atoms with E-state index in [2.05, 4.69) is 10.4 Å². The lowest BCUT2D eigenvalue weighted by molar-refractivity contribution is -0.116. The van der Waals surface area contributed by atoms with Gasteiger partial charge in [0.05, 0.1) is 12.2 Å². The number of rotatable bonds is 2. The number of fused-ring (bicyclic) bond motifs is 1. The summed E-state index contributed by atoms with van der Waals surface area (Å²) in [4.78, 5) is 12.2. The summed E-state index contributed by atoms with van der Waals surface area (Å²) in [5.41, 5.74) is 1.24. The van der Waals surface area contributed by atoms with E-state index in [4.69, 9.17) is 11.6 Å². The fourth-order valence-corrected chi connectivity index (χ4v) is 4.06. The molecule has 2 aliphatic rings. The van der Waals surface area contributed by atoms with Gasteiger partial charge in [0.1, 0.15) is 11.6 Å². The molecule has 1 fully saturated rings. The number of hydrogen-bond donors (Lipinski definition) is 1. The predicted molar refractivity (Wildman–Crippen MR) is 86.2 cm³/mol. The Hall–Kier alpha value is -1.88. The lowest BCUT2D eigenvalue weighted by Gasteiger charge is -2.26. The standard InChI is InChI=1S/C17H17ClFN3O/c18-13-6-3-7-14(19)16(13)11-8-15(23)21-17-12(11)9-20-22(17)10-4-1-2-5-10/h3,6-7,9-11H,1-2,4-5,8H2,(H,21,23)/t11-/m1/s1. The number of anilines is 1. The molecular formula is C17H17ClFN3O. The number of nitrogens with zero attached hydrogens (tertiary/aromatic N) is 2. The van der Waals surface area contributed by atoms with Gasteiger partial charge in [-0.25, -0.2) is 9.07 Å². The summed E-state index contributed by atoms with van der Waals surface area (Å²) in [6.07, 6.45) is 6.42. The van der Waals surface area contributed by atoms with E-state index >= 15 is 0 Å². The molecule has 1 aromatic heterocycles. The average Bonchev–Trinajstić information content (AvgIpc) is 3.15. The highest BCUT2D eigenvalue weighted by Gasteiger charge is 2.34. The first-order valence-electron chi connectivity index (χ1n) is 7.96. The number of hydrogen-bond acceptors (Lipinski definition) is 2. The van der Waals surface area contributed by atoms with E-state index in [1.54, 1.807) is 18.3 Å². The van der Waals surface area contributed by atoms with E-state index in [1.807, 2.05) is 4.68 Å². The lowest BCUT2D eigenvalue weighted by atomic mass is 9.87. The Bertz CT molecular complexity index is 747. The zero-order valence-corrected chi connectivity index (χ0v) is 13.3. The maximum atomic E-state index is 14.3. The van der Waals surface area contributed by atoms with Gasteiger partial charge in [0.15, 0.2) is 0 Å². The second-order valence-corrected chi connectivity index (χ2v) is 6.68. The van der Waals surface area contributed by atoms with Crippen LogP contribution in [-0.4, -0.2) is 15.7 Å². The Kier molecular flexibility index (Phi) is 3.60. The van der Waals surface area contributed by atoms with Crippen LogP contribution in [0.3, 0.4) is 0 Å². The molecule has 4 rings (SSSR count). The van der Waals surface area contributed by atoms with Gasteiger partial charge in [-0.2, -0.15) is 5.10 Å². The third kappa shape index (κ3) is 2.43. The minimum atomic E-state index is -0.386. The van der Waals surface area contributed by atoms with Crippen LogP contribution in [0.25, 0.3) is 0 Å². The smallest absolute Gasteiger partial charge is 0.226 e. The van der Waals surface area contributed by atoms with Crippen molar-refractivity contribution in [2.24, 2.45) is 0 Å². The largest absolute Gasteiger partial charge is 0.311 e. The third-order valence-corrected chi connectivity index (χ3v) is 5.19. The summed E-state index contributed by atoms with van der Waals surface area (Å²) in [5, 5.41) is 7.76. The van der Waals surface area contributed by atoms with Gasteiger partial charge in [-0.15, -0.1) is 0 Å². The van der Waals surface area contributed by atoms with E-state index in [9.17, 15) is 9.18 Å². The molecule has 6 heteroatoms. The maximum absolute atomic E-state index is 14.3. The molecule has 1 aliphatic heterocycles. The molecule has 4 nitrogen and oxygen atoms in total. The zero-order chi connectivity index (χ0) is 16.0.